The summed E-state index contributed by atoms with van der Waals surface area (Å²) in [6, 6.07) is 5.66. The molecule has 1 aromatic carbocycles. The van der Waals surface area contributed by atoms with Gasteiger partial charge < -0.3 is 0 Å². The van der Waals surface area contributed by atoms with Crippen LogP contribution >= 0.6 is 0 Å². The standard InChI is InChI=1S/C12H8FN3/c1-2-3-6-16(9-15)11-4-5-12(13)10(7-11)8-14/h4-5,7H,6H2,1H3. The van der Waals surface area contributed by atoms with Gasteiger partial charge in [-0.2, -0.15) is 10.5 Å². The summed E-state index contributed by atoms with van der Waals surface area (Å²) in [5.41, 5.74) is 0.380. The smallest absolute Gasteiger partial charge is 0.185 e. The topological polar surface area (TPSA) is 50.8 Å². The third kappa shape index (κ3) is 2.50. The fourth-order valence-corrected chi connectivity index (χ4v) is 1.11. The van der Waals surface area contributed by atoms with E-state index in [9.17, 15) is 4.39 Å². The van der Waals surface area contributed by atoms with Crippen LogP contribution in [0.15, 0.2) is 18.2 Å². The van der Waals surface area contributed by atoms with Crippen molar-refractivity contribution in [3.63, 3.8) is 0 Å². The third-order valence-electron chi connectivity index (χ3n) is 1.92. The van der Waals surface area contributed by atoms with Crippen molar-refractivity contribution in [1.29, 1.82) is 10.5 Å². The summed E-state index contributed by atoms with van der Waals surface area (Å²) >= 11 is 0. The molecule has 3 nitrogen and oxygen atoms in total. The highest BCUT2D eigenvalue weighted by Gasteiger charge is 2.07. The molecule has 0 bridgehead atoms. The van der Waals surface area contributed by atoms with Crippen LogP contribution in [0.5, 0.6) is 0 Å². The van der Waals surface area contributed by atoms with E-state index in [1.54, 1.807) is 13.0 Å². The van der Waals surface area contributed by atoms with E-state index in [4.69, 9.17) is 10.5 Å². The largest absolute Gasteiger partial charge is 0.267 e. The number of nitrogens with zero attached hydrogens (tertiary/aromatic N) is 3. The predicted octanol–water partition coefficient (Wildman–Crippen LogP) is 2.01. The van der Waals surface area contributed by atoms with Gasteiger partial charge in [0.05, 0.1) is 17.8 Å². The molecule has 4 heteroatoms. The average Bonchev–Trinajstić information content (AvgIpc) is 2.32. The maximum absolute atomic E-state index is 13.0. The molecular formula is C12H8FN3. The Morgan fingerprint density at radius 1 is 1.38 bits per heavy atom. The zero-order chi connectivity index (χ0) is 12.0. The van der Waals surface area contributed by atoms with Crippen LogP contribution in [0.25, 0.3) is 0 Å². The summed E-state index contributed by atoms with van der Waals surface area (Å²) in [6.45, 7) is 1.89. The third-order valence-corrected chi connectivity index (χ3v) is 1.92. The Balaban J connectivity index is 3.07. The van der Waals surface area contributed by atoms with Gasteiger partial charge in [-0.05, 0) is 25.1 Å². The van der Waals surface area contributed by atoms with E-state index < -0.39 is 5.82 Å². The number of hydrogen-bond donors (Lipinski definition) is 0. The molecule has 16 heavy (non-hydrogen) atoms. The second kappa shape index (κ2) is 5.39. The summed E-state index contributed by atoms with van der Waals surface area (Å²) in [7, 11) is 0. The van der Waals surface area contributed by atoms with Crippen LogP contribution in [0.2, 0.25) is 0 Å². The van der Waals surface area contributed by atoms with Gasteiger partial charge in [0.2, 0.25) is 0 Å². The number of rotatable bonds is 2. The highest BCUT2D eigenvalue weighted by Crippen LogP contribution is 2.17. The molecule has 0 aliphatic rings. The quantitative estimate of drug-likeness (QED) is 0.429. The van der Waals surface area contributed by atoms with Crippen LogP contribution in [0.3, 0.4) is 0 Å². The molecule has 1 aromatic rings. The van der Waals surface area contributed by atoms with Gasteiger partial charge in [-0.1, -0.05) is 5.92 Å². The van der Waals surface area contributed by atoms with E-state index in [0.29, 0.717) is 5.69 Å². The molecule has 0 radical (unpaired) electrons. The second-order valence-electron chi connectivity index (χ2n) is 2.89. The lowest BCUT2D eigenvalue weighted by atomic mass is 10.2. The SMILES string of the molecule is CC#CCN(C#N)c1ccc(F)c(C#N)c1. The lowest BCUT2D eigenvalue weighted by Crippen LogP contribution is -2.16. The molecule has 0 spiro atoms. The number of nitriles is 2. The van der Waals surface area contributed by atoms with E-state index >= 15 is 0 Å². The molecule has 0 amide bonds. The summed E-state index contributed by atoms with van der Waals surface area (Å²) in [4.78, 5) is 1.29. The summed E-state index contributed by atoms with van der Waals surface area (Å²) in [5, 5.41) is 17.5. The van der Waals surface area contributed by atoms with Crippen LogP contribution < -0.4 is 4.90 Å². The van der Waals surface area contributed by atoms with Crippen molar-refractivity contribution < 1.29 is 4.39 Å². The van der Waals surface area contributed by atoms with Crippen LogP contribution in [0.4, 0.5) is 10.1 Å². The Kier molecular flexibility index (Phi) is 3.90. The zero-order valence-corrected chi connectivity index (χ0v) is 8.66. The highest BCUT2D eigenvalue weighted by atomic mass is 19.1. The first-order chi connectivity index (χ1) is 7.72. The molecule has 0 atom stereocenters. The van der Waals surface area contributed by atoms with Crippen LogP contribution in [-0.2, 0) is 0 Å². The van der Waals surface area contributed by atoms with Gasteiger partial charge in [0, 0.05) is 0 Å². The van der Waals surface area contributed by atoms with Gasteiger partial charge in [0.25, 0.3) is 0 Å². The first-order valence-corrected chi connectivity index (χ1v) is 4.49. The van der Waals surface area contributed by atoms with Gasteiger partial charge >= 0.3 is 0 Å². The van der Waals surface area contributed by atoms with E-state index in [1.807, 2.05) is 6.19 Å². The van der Waals surface area contributed by atoms with E-state index in [1.165, 1.54) is 17.0 Å². The van der Waals surface area contributed by atoms with Crippen LogP contribution in [-0.4, -0.2) is 6.54 Å². The summed E-state index contributed by atoms with van der Waals surface area (Å²) in [6.07, 6.45) is 1.92. The van der Waals surface area contributed by atoms with Crippen molar-refractivity contribution in [3.05, 3.63) is 29.6 Å². The minimum Gasteiger partial charge on any atom is -0.267 e. The predicted molar refractivity (Wildman–Crippen MR) is 57.5 cm³/mol. The molecule has 0 saturated heterocycles. The summed E-state index contributed by atoms with van der Waals surface area (Å²) < 4.78 is 13.0. The molecule has 0 unspecified atom stereocenters. The Morgan fingerprint density at radius 3 is 2.69 bits per heavy atom. The average molecular weight is 213 g/mol. The monoisotopic (exact) mass is 213 g/mol. The highest BCUT2D eigenvalue weighted by molar-refractivity contribution is 5.55. The molecule has 0 aliphatic heterocycles. The molecule has 0 fully saturated rings. The Morgan fingerprint density at radius 2 is 2.12 bits per heavy atom. The molecule has 1 rings (SSSR count). The van der Waals surface area contributed by atoms with Gasteiger partial charge in [0.1, 0.15) is 11.9 Å². The van der Waals surface area contributed by atoms with E-state index in [2.05, 4.69) is 11.8 Å². The Labute approximate surface area is 93.3 Å². The molecule has 0 N–H and O–H groups in total. The van der Waals surface area contributed by atoms with Gasteiger partial charge in [-0.15, -0.1) is 5.92 Å². The minimum absolute atomic E-state index is 0.0813. The molecular weight excluding hydrogens is 205 g/mol. The van der Waals surface area contributed by atoms with Crippen LogP contribution in [0, 0.1) is 40.4 Å². The zero-order valence-electron chi connectivity index (χ0n) is 8.66. The number of anilines is 1. The van der Waals surface area contributed by atoms with Gasteiger partial charge in [-0.3, -0.25) is 4.90 Å². The normalized spacial score (nSPS) is 8.25. The lowest BCUT2D eigenvalue weighted by molar-refractivity contribution is 0.624. The maximum Gasteiger partial charge on any atom is 0.185 e. The number of benzene rings is 1. The maximum atomic E-state index is 13.0. The molecule has 0 saturated carbocycles. The number of halogens is 1. The summed E-state index contributed by atoms with van der Waals surface area (Å²) in [5.74, 6) is 4.80. The minimum atomic E-state index is -0.592. The van der Waals surface area contributed by atoms with Crippen molar-refractivity contribution in [3.8, 4) is 24.1 Å². The molecule has 0 aromatic heterocycles. The molecule has 78 valence electrons. The van der Waals surface area contributed by atoms with Crippen molar-refractivity contribution in [2.45, 2.75) is 6.92 Å². The lowest BCUT2D eigenvalue weighted by Gasteiger charge is -2.12. The van der Waals surface area contributed by atoms with Gasteiger partial charge in [-0.25, -0.2) is 4.39 Å². The fourth-order valence-electron chi connectivity index (χ4n) is 1.11. The van der Waals surface area contributed by atoms with Crippen LogP contribution in [0.1, 0.15) is 12.5 Å². The van der Waals surface area contributed by atoms with Crippen molar-refractivity contribution in [2.75, 3.05) is 11.4 Å². The first-order valence-electron chi connectivity index (χ1n) is 4.49. The molecule has 0 aliphatic carbocycles. The van der Waals surface area contributed by atoms with E-state index in [0.717, 1.165) is 6.07 Å². The van der Waals surface area contributed by atoms with Crippen molar-refractivity contribution >= 4 is 5.69 Å². The van der Waals surface area contributed by atoms with Crippen molar-refractivity contribution in [1.82, 2.24) is 0 Å². The fraction of sp³-hybridized carbons (Fsp3) is 0.167. The first kappa shape index (κ1) is 11.6. The van der Waals surface area contributed by atoms with E-state index in [-0.39, 0.29) is 12.1 Å². The Bertz CT molecular complexity index is 526. The molecule has 0 heterocycles. The second-order valence-corrected chi connectivity index (χ2v) is 2.89. The Hall–Kier alpha value is -2.51. The van der Waals surface area contributed by atoms with Gasteiger partial charge in [0.15, 0.2) is 6.19 Å². The van der Waals surface area contributed by atoms with Crippen molar-refractivity contribution in [2.24, 2.45) is 0 Å². The number of hydrogen-bond acceptors (Lipinski definition) is 3.